The number of benzene rings is 1. The van der Waals surface area contributed by atoms with Crippen LogP contribution >= 0.6 is 11.3 Å². The summed E-state index contributed by atoms with van der Waals surface area (Å²) in [5.74, 6) is 0.127. The van der Waals surface area contributed by atoms with Crippen LogP contribution in [0.5, 0.6) is 0 Å². The summed E-state index contributed by atoms with van der Waals surface area (Å²) in [6.07, 6.45) is 0.994. The van der Waals surface area contributed by atoms with Crippen LogP contribution in [0.15, 0.2) is 41.1 Å². The van der Waals surface area contributed by atoms with Crippen molar-refractivity contribution in [3.05, 3.63) is 52.5 Å². The molecule has 0 radical (unpaired) electrons. The molecule has 5 heteroatoms. The molecular weight excluding hydrogens is 275 g/mol. The molecule has 1 aromatic carbocycles. The van der Waals surface area contributed by atoms with E-state index in [1.54, 1.807) is 23.5 Å². The van der Waals surface area contributed by atoms with Crippen molar-refractivity contribution in [2.24, 2.45) is 0 Å². The number of halogens is 1. The molecule has 1 N–H and O–H groups in total. The molecule has 1 fully saturated rings. The molecule has 3 rings (SSSR count). The van der Waals surface area contributed by atoms with Crippen molar-refractivity contribution in [3.8, 4) is 0 Å². The van der Waals surface area contributed by atoms with Gasteiger partial charge in [0.25, 0.3) is 0 Å². The van der Waals surface area contributed by atoms with Gasteiger partial charge in [0.2, 0.25) is 0 Å². The predicted molar refractivity (Wildman–Crippen MR) is 78.7 cm³/mol. The summed E-state index contributed by atoms with van der Waals surface area (Å²) in [6.45, 7) is 1.50. The first-order valence-electron chi connectivity index (χ1n) is 6.56. The Balaban J connectivity index is 1.60. The number of carbonyl (C=O) groups is 1. The van der Waals surface area contributed by atoms with Crippen molar-refractivity contribution in [1.82, 2.24) is 4.90 Å². The normalized spacial score (nSPS) is 18.2. The Bertz CT molecular complexity index is 582. The first-order valence-corrected chi connectivity index (χ1v) is 7.50. The minimum atomic E-state index is -0.304. The van der Waals surface area contributed by atoms with Gasteiger partial charge in [0.1, 0.15) is 5.82 Å². The Kier molecular flexibility index (Phi) is 3.69. The van der Waals surface area contributed by atoms with Gasteiger partial charge in [-0.1, -0.05) is 0 Å². The predicted octanol–water partition coefficient (Wildman–Crippen LogP) is 3.91. The molecule has 1 atom stereocenters. The Hall–Kier alpha value is -1.88. The standard InChI is InChI=1S/C15H15FN2OS/c16-13-1-3-14(4-2-13)17-15(19)18-7-5-11(9-18)12-6-8-20-10-12/h1-4,6,8,10-11H,5,7,9H2,(H,17,19). The molecule has 1 unspecified atom stereocenters. The number of thiophene rings is 1. The van der Waals surface area contributed by atoms with E-state index in [9.17, 15) is 9.18 Å². The van der Waals surface area contributed by atoms with E-state index in [1.165, 1.54) is 17.7 Å². The molecule has 2 heterocycles. The molecule has 0 bridgehead atoms. The van der Waals surface area contributed by atoms with Crippen molar-refractivity contribution in [2.45, 2.75) is 12.3 Å². The van der Waals surface area contributed by atoms with Crippen molar-refractivity contribution < 1.29 is 9.18 Å². The lowest BCUT2D eigenvalue weighted by atomic mass is 10.0. The third-order valence-electron chi connectivity index (χ3n) is 3.59. The highest BCUT2D eigenvalue weighted by atomic mass is 32.1. The minimum Gasteiger partial charge on any atom is -0.324 e. The molecule has 1 aliphatic heterocycles. The summed E-state index contributed by atoms with van der Waals surface area (Å²) in [7, 11) is 0. The molecule has 2 amide bonds. The number of anilines is 1. The van der Waals surface area contributed by atoms with E-state index in [1.807, 2.05) is 4.90 Å². The van der Waals surface area contributed by atoms with E-state index >= 15 is 0 Å². The first kappa shape index (κ1) is 13.1. The molecule has 1 aromatic heterocycles. The second kappa shape index (κ2) is 5.63. The van der Waals surface area contributed by atoms with Crippen LogP contribution in [0.4, 0.5) is 14.9 Å². The van der Waals surface area contributed by atoms with Crippen molar-refractivity contribution in [3.63, 3.8) is 0 Å². The van der Waals surface area contributed by atoms with Gasteiger partial charge in [-0.15, -0.1) is 0 Å². The summed E-state index contributed by atoms with van der Waals surface area (Å²) in [6, 6.07) is 7.83. The molecule has 0 saturated carbocycles. The van der Waals surface area contributed by atoms with Crippen LogP contribution in [0.2, 0.25) is 0 Å². The summed E-state index contributed by atoms with van der Waals surface area (Å²) in [5.41, 5.74) is 1.93. The molecule has 104 valence electrons. The number of urea groups is 1. The van der Waals surface area contributed by atoms with E-state index in [-0.39, 0.29) is 11.8 Å². The molecule has 0 spiro atoms. The number of likely N-dealkylation sites (tertiary alicyclic amines) is 1. The van der Waals surface area contributed by atoms with Gasteiger partial charge in [0, 0.05) is 24.7 Å². The molecule has 1 aliphatic rings. The van der Waals surface area contributed by atoms with E-state index in [2.05, 4.69) is 22.1 Å². The van der Waals surface area contributed by atoms with Gasteiger partial charge in [0.15, 0.2) is 0 Å². The molecule has 0 aliphatic carbocycles. The Morgan fingerprint density at radius 3 is 2.80 bits per heavy atom. The van der Waals surface area contributed by atoms with Crippen molar-refractivity contribution >= 4 is 23.1 Å². The summed E-state index contributed by atoms with van der Waals surface area (Å²) in [4.78, 5) is 13.9. The lowest BCUT2D eigenvalue weighted by Crippen LogP contribution is -2.32. The van der Waals surface area contributed by atoms with E-state index in [0.29, 0.717) is 11.6 Å². The molecular formula is C15H15FN2OS. The van der Waals surface area contributed by atoms with E-state index < -0.39 is 0 Å². The second-order valence-electron chi connectivity index (χ2n) is 4.93. The molecule has 1 saturated heterocycles. The summed E-state index contributed by atoms with van der Waals surface area (Å²) in [5, 5.41) is 7.01. The van der Waals surface area contributed by atoms with Gasteiger partial charge >= 0.3 is 6.03 Å². The van der Waals surface area contributed by atoms with E-state index in [0.717, 1.165) is 19.5 Å². The largest absolute Gasteiger partial charge is 0.324 e. The smallest absolute Gasteiger partial charge is 0.321 e. The maximum absolute atomic E-state index is 12.8. The Morgan fingerprint density at radius 2 is 2.10 bits per heavy atom. The third-order valence-corrected chi connectivity index (χ3v) is 4.29. The fourth-order valence-electron chi connectivity index (χ4n) is 2.46. The lowest BCUT2D eigenvalue weighted by molar-refractivity contribution is 0.222. The first-order chi connectivity index (χ1) is 9.72. The third kappa shape index (κ3) is 2.82. The molecule has 3 nitrogen and oxygen atoms in total. The van der Waals surface area contributed by atoms with Gasteiger partial charge in [-0.05, 0) is 53.1 Å². The number of hydrogen-bond donors (Lipinski definition) is 1. The van der Waals surface area contributed by atoms with Crippen LogP contribution < -0.4 is 5.32 Å². The Morgan fingerprint density at radius 1 is 1.30 bits per heavy atom. The molecule has 2 aromatic rings. The van der Waals surface area contributed by atoms with Gasteiger partial charge < -0.3 is 10.2 Å². The lowest BCUT2D eigenvalue weighted by Gasteiger charge is -2.17. The maximum Gasteiger partial charge on any atom is 0.321 e. The van der Waals surface area contributed by atoms with Crippen molar-refractivity contribution in [2.75, 3.05) is 18.4 Å². The van der Waals surface area contributed by atoms with Crippen LogP contribution in [-0.4, -0.2) is 24.0 Å². The van der Waals surface area contributed by atoms with Gasteiger partial charge in [-0.25, -0.2) is 9.18 Å². The van der Waals surface area contributed by atoms with E-state index in [4.69, 9.17) is 0 Å². The second-order valence-corrected chi connectivity index (χ2v) is 5.71. The summed E-state index contributed by atoms with van der Waals surface area (Å²) >= 11 is 1.69. The number of carbonyl (C=O) groups excluding carboxylic acids is 1. The molecule has 20 heavy (non-hydrogen) atoms. The van der Waals surface area contributed by atoms with Crippen molar-refractivity contribution in [1.29, 1.82) is 0 Å². The van der Waals surface area contributed by atoms with Crippen LogP contribution in [0.25, 0.3) is 0 Å². The van der Waals surface area contributed by atoms with Crippen LogP contribution in [0, 0.1) is 5.82 Å². The number of hydrogen-bond acceptors (Lipinski definition) is 2. The van der Waals surface area contributed by atoms with Gasteiger partial charge in [-0.3, -0.25) is 0 Å². The monoisotopic (exact) mass is 290 g/mol. The zero-order valence-electron chi connectivity index (χ0n) is 10.9. The Labute approximate surface area is 121 Å². The maximum atomic E-state index is 12.8. The SMILES string of the molecule is O=C(Nc1ccc(F)cc1)N1CCC(c2ccsc2)C1. The highest BCUT2D eigenvalue weighted by Gasteiger charge is 2.27. The zero-order valence-corrected chi connectivity index (χ0v) is 11.7. The summed E-state index contributed by atoms with van der Waals surface area (Å²) < 4.78 is 12.8. The number of nitrogens with zero attached hydrogens (tertiary/aromatic N) is 1. The minimum absolute atomic E-state index is 0.116. The highest BCUT2D eigenvalue weighted by Crippen LogP contribution is 2.28. The average molecular weight is 290 g/mol. The number of nitrogens with one attached hydrogen (secondary N) is 1. The fraction of sp³-hybridized carbons (Fsp3) is 0.267. The quantitative estimate of drug-likeness (QED) is 0.893. The number of amides is 2. The highest BCUT2D eigenvalue weighted by molar-refractivity contribution is 7.07. The number of rotatable bonds is 2. The van der Waals surface area contributed by atoms with Crippen LogP contribution in [-0.2, 0) is 0 Å². The van der Waals surface area contributed by atoms with Gasteiger partial charge in [-0.2, -0.15) is 11.3 Å². The topological polar surface area (TPSA) is 32.3 Å². The fourth-order valence-corrected chi connectivity index (χ4v) is 3.20. The van der Waals surface area contributed by atoms with Crippen LogP contribution in [0.3, 0.4) is 0 Å². The van der Waals surface area contributed by atoms with Crippen LogP contribution in [0.1, 0.15) is 17.9 Å². The van der Waals surface area contributed by atoms with Gasteiger partial charge in [0.05, 0.1) is 0 Å². The zero-order chi connectivity index (χ0) is 13.9. The average Bonchev–Trinajstić information content (AvgIpc) is 3.11.